The van der Waals surface area contributed by atoms with Crippen LogP contribution >= 0.6 is 0 Å². The molecule has 158 valence electrons. The molecule has 5 rings (SSSR count). The first-order valence-corrected chi connectivity index (χ1v) is 11.0. The fourth-order valence-corrected chi connectivity index (χ4v) is 7.83. The van der Waals surface area contributed by atoms with Gasteiger partial charge in [-0.2, -0.15) is 5.26 Å². The first-order valence-electron chi connectivity index (χ1n) is 11.0. The smallest absolute Gasteiger partial charge is 0.411 e. The van der Waals surface area contributed by atoms with E-state index in [9.17, 15) is 20.0 Å². The molecule has 0 radical (unpaired) electrons. The molecular weight excluding hydrogens is 370 g/mol. The fraction of sp³-hybridized carbons (Fsp3) is 0.864. The van der Waals surface area contributed by atoms with Gasteiger partial charge in [0.05, 0.1) is 17.2 Å². The van der Waals surface area contributed by atoms with Gasteiger partial charge in [-0.25, -0.2) is 4.79 Å². The molecule has 5 fully saturated rings. The highest BCUT2D eigenvalue weighted by atomic mass is 16.6. The number of likely N-dealkylation sites (tertiary alicyclic amines) is 1. The van der Waals surface area contributed by atoms with Crippen molar-refractivity contribution in [2.75, 3.05) is 13.1 Å². The molecule has 1 heterocycles. The minimum absolute atomic E-state index is 0.0651. The summed E-state index contributed by atoms with van der Waals surface area (Å²) in [6.45, 7) is 5.99. The largest absolute Gasteiger partial charge is 0.444 e. The third kappa shape index (κ3) is 2.27. The SMILES string of the molecule is CC(C)(C)OC(=O)N(CC(=O)N1CCC[C@H]1C#N)C12CC3C[C@@H]4CC(O)(C1)C42C3. The van der Waals surface area contributed by atoms with Gasteiger partial charge in [0.15, 0.2) is 0 Å². The van der Waals surface area contributed by atoms with Crippen molar-refractivity contribution in [1.29, 1.82) is 5.26 Å². The first kappa shape index (κ1) is 19.2. The molecule has 5 aliphatic rings. The van der Waals surface area contributed by atoms with Gasteiger partial charge in [0.1, 0.15) is 18.2 Å². The molecule has 4 saturated carbocycles. The molecular formula is C22H31N3O4. The van der Waals surface area contributed by atoms with Gasteiger partial charge in [-0.15, -0.1) is 0 Å². The number of nitrogens with zero attached hydrogens (tertiary/aromatic N) is 3. The monoisotopic (exact) mass is 401 g/mol. The summed E-state index contributed by atoms with van der Waals surface area (Å²) in [7, 11) is 0. The van der Waals surface area contributed by atoms with E-state index in [0.717, 1.165) is 32.1 Å². The van der Waals surface area contributed by atoms with Crippen LogP contribution in [0.15, 0.2) is 0 Å². The van der Waals surface area contributed by atoms with Gasteiger partial charge in [-0.1, -0.05) is 0 Å². The molecule has 2 amide bonds. The molecule has 1 saturated heterocycles. The summed E-state index contributed by atoms with van der Waals surface area (Å²) in [5.41, 5.74) is -2.09. The molecule has 6 atom stereocenters. The average molecular weight is 402 g/mol. The summed E-state index contributed by atoms with van der Waals surface area (Å²) >= 11 is 0. The van der Waals surface area contributed by atoms with E-state index in [1.54, 1.807) is 9.80 Å². The Bertz CT molecular complexity index is 816. The van der Waals surface area contributed by atoms with Crippen molar-refractivity contribution in [3.63, 3.8) is 0 Å². The maximum atomic E-state index is 13.3. The standard InChI is InChI=1S/C22H31N3O4/c1-19(2,3)29-18(27)25(12-17(26)24-6-4-5-16(24)11-23)20-8-14-7-15-10-21(28,13-20)22(15,20)9-14/h14-16,28H,4-10,12-13H2,1-3H3/t14?,15-,16+,20?,21?,22?/m1/s1. The fourth-order valence-electron chi connectivity index (χ4n) is 7.83. The van der Waals surface area contributed by atoms with Crippen LogP contribution in [0.1, 0.15) is 65.7 Å². The van der Waals surface area contributed by atoms with Crippen molar-refractivity contribution in [2.45, 2.75) is 88.5 Å². The van der Waals surface area contributed by atoms with Crippen LogP contribution in [-0.2, 0) is 9.53 Å². The van der Waals surface area contributed by atoms with E-state index in [2.05, 4.69) is 6.07 Å². The lowest BCUT2D eigenvalue weighted by molar-refractivity contribution is -0.344. The number of aliphatic hydroxyl groups is 1. The van der Waals surface area contributed by atoms with Crippen LogP contribution in [0.2, 0.25) is 0 Å². The van der Waals surface area contributed by atoms with Crippen molar-refractivity contribution in [3.8, 4) is 6.07 Å². The van der Waals surface area contributed by atoms with Gasteiger partial charge in [-0.05, 0) is 71.1 Å². The van der Waals surface area contributed by atoms with Crippen LogP contribution < -0.4 is 0 Å². The molecule has 0 aromatic rings. The van der Waals surface area contributed by atoms with Crippen LogP contribution in [0.4, 0.5) is 4.79 Å². The van der Waals surface area contributed by atoms with E-state index in [1.807, 2.05) is 20.8 Å². The van der Waals surface area contributed by atoms with Gasteiger partial charge < -0.3 is 14.7 Å². The van der Waals surface area contributed by atoms with E-state index in [1.165, 1.54) is 0 Å². The highest BCUT2D eigenvalue weighted by Crippen LogP contribution is 2.85. The maximum absolute atomic E-state index is 13.3. The van der Waals surface area contributed by atoms with Crippen LogP contribution in [0.3, 0.4) is 0 Å². The third-order valence-corrected chi connectivity index (χ3v) is 8.53. The number of carbonyl (C=O) groups excluding carboxylic acids is 2. The molecule has 29 heavy (non-hydrogen) atoms. The van der Waals surface area contributed by atoms with E-state index < -0.39 is 28.9 Å². The van der Waals surface area contributed by atoms with Gasteiger partial charge in [0, 0.05) is 18.4 Å². The first-order chi connectivity index (χ1) is 13.6. The Balaban J connectivity index is 1.46. The van der Waals surface area contributed by atoms with Gasteiger partial charge in [-0.3, -0.25) is 9.69 Å². The van der Waals surface area contributed by atoms with Crippen molar-refractivity contribution in [2.24, 2.45) is 17.3 Å². The quantitative estimate of drug-likeness (QED) is 0.784. The van der Waals surface area contributed by atoms with Gasteiger partial charge >= 0.3 is 6.09 Å². The number of ether oxygens (including phenoxy) is 1. The summed E-state index contributed by atoms with van der Waals surface area (Å²) in [4.78, 5) is 29.8. The van der Waals surface area contributed by atoms with Crippen molar-refractivity contribution in [1.82, 2.24) is 9.80 Å². The summed E-state index contributed by atoms with van der Waals surface area (Å²) in [5, 5.41) is 20.5. The third-order valence-electron chi connectivity index (χ3n) is 8.53. The Morgan fingerprint density at radius 1 is 1.31 bits per heavy atom. The molecule has 2 bridgehead atoms. The second-order valence-corrected chi connectivity index (χ2v) is 11.1. The highest BCUT2D eigenvalue weighted by Gasteiger charge is 2.89. The lowest BCUT2D eigenvalue weighted by Gasteiger charge is -2.78. The molecule has 0 aromatic heterocycles. The molecule has 7 heteroatoms. The van der Waals surface area contributed by atoms with Gasteiger partial charge in [0.25, 0.3) is 0 Å². The van der Waals surface area contributed by atoms with Crippen molar-refractivity contribution >= 4 is 12.0 Å². The van der Waals surface area contributed by atoms with Crippen LogP contribution in [0.25, 0.3) is 0 Å². The number of hydrogen-bond donors (Lipinski definition) is 1. The Morgan fingerprint density at radius 2 is 2.07 bits per heavy atom. The zero-order valence-corrected chi connectivity index (χ0v) is 17.6. The Kier molecular flexibility index (Phi) is 3.74. The van der Waals surface area contributed by atoms with E-state index in [0.29, 0.717) is 31.2 Å². The zero-order valence-electron chi connectivity index (χ0n) is 17.6. The Hall–Kier alpha value is -1.81. The molecule has 7 nitrogen and oxygen atoms in total. The molecule has 1 spiro atoms. The molecule has 1 N–H and O–H groups in total. The van der Waals surface area contributed by atoms with E-state index in [-0.39, 0.29) is 17.9 Å². The predicted octanol–water partition coefficient (Wildman–Crippen LogP) is 2.43. The van der Waals surface area contributed by atoms with Crippen LogP contribution in [-0.4, -0.2) is 62.8 Å². The number of nitriles is 1. The normalized spacial score (nSPS) is 43.8. The summed E-state index contributed by atoms with van der Waals surface area (Å²) in [6.07, 6.45) is 5.33. The highest BCUT2D eigenvalue weighted by molar-refractivity contribution is 5.84. The average Bonchev–Trinajstić information content (AvgIpc) is 3.27. The Morgan fingerprint density at radius 3 is 2.69 bits per heavy atom. The number of carbonyl (C=O) groups is 2. The van der Waals surface area contributed by atoms with Crippen molar-refractivity contribution in [3.05, 3.63) is 0 Å². The summed E-state index contributed by atoms with van der Waals surface area (Å²) < 4.78 is 5.73. The van der Waals surface area contributed by atoms with E-state index >= 15 is 0 Å². The second-order valence-electron chi connectivity index (χ2n) is 11.1. The number of hydrogen-bond acceptors (Lipinski definition) is 5. The minimum atomic E-state index is -0.685. The Labute approximate surface area is 172 Å². The van der Waals surface area contributed by atoms with Crippen LogP contribution in [0, 0.1) is 28.6 Å². The van der Waals surface area contributed by atoms with Gasteiger partial charge in [0.2, 0.25) is 5.91 Å². The van der Waals surface area contributed by atoms with Crippen LogP contribution in [0.5, 0.6) is 0 Å². The molecule has 4 unspecified atom stereocenters. The lowest BCUT2D eigenvalue weighted by atomic mass is 9.32. The summed E-state index contributed by atoms with van der Waals surface area (Å²) in [5.74, 6) is 0.772. The maximum Gasteiger partial charge on any atom is 0.411 e. The number of fused-ring (bicyclic) bond motifs is 1. The predicted molar refractivity (Wildman–Crippen MR) is 103 cm³/mol. The summed E-state index contributed by atoms with van der Waals surface area (Å²) in [6, 6.07) is 1.80. The van der Waals surface area contributed by atoms with Crippen molar-refractivity contribution < 1.29 is 19.4 Å². The lowest BCUT2D eigenvalue weighted by Crippen LogP contribution is -2.86. The topological polar surface area (TPSA) is 93.9 Å². The molecule has 0 aromatic carbocycles. The molecule has 4 aliphatic carbocycles. The number of rotatable bonds is 3. The zero-order chi connectivity index (χ0) is 20.8. The minimum Gasteiger partial charge on any atom is -0.444 e. The second kappa shape index (κ2) is 5.66. The molecule has 1 aliphatic heterocycles. The van der Waals surface area contributed by atoms with E-state index in [4.69, 9.17) is 4.74 Å². The number of amides is 2.